The summed E-state index contributed by atoms with van der Waals surface area (Å²) in [6.45, 7) is 2.01. The molecular formula is C13H14BrClN2. The van der Waals surface area contributed by atoms with Gasteiger partial charge < -0.3 is 0 Å². The van der Waals surface area contributed by atoms with Crippen LogP contribution < -0.4 is 0 Å². The molecule has 1 aromatic rings. The van der Waals surface area contributed by atoms with Crippen LogP contribution in [0.15, 0.2) is 22.7 Å². The van der Waals surface area contributed by atoms with Crippen LogP contribution in [0, 0.1) is 11.3 Å². The van der Waals surface area contributed by atoms with Gasteiger partial charge in [-0.1, -0.05) is 24.1 Å². The SMILES string of the molecule is N#CC(c1ccc(Br)c(Cl)c1)N1CCCCC1. The molecule has 0 saturated carbocycles. The van der Waals surface area contributed by atoms with E-state index in [1.54, 1.807) is 0 Å². The van der Waals surface area contributed by atoms with E-state index in [0.29, 0.717) is 5.02 Å². The van der Waals surface area contributed by atoms with Crippen LogP contribution in [0.3, 0.4) is 0 Å². The van der Waals surface area contributed by atoms with Gasteiger partial charge in [-0.25, -0.2) is 0 Å². The summed E-state index contributed by atoms with van der Waals surface area (Å²) in [5.74, 6) is 0. The second kappa shape index (κ2) is 5.86. The Morgan fingerprint density at radius 1 is 1.29 bits per heavy atom. The largest absolute Gasteiger partial charge is 0.284 e. The molecule has 0 aromatic heterocycles. The molecule has 90 valence electrons. The van der Waals surface area contributed by atoms with Crippen molar-refractivity contribution in [3.8, 4) is 6.07 Å². The molecule has 0 bridgehead atoms. The van der Waals surface area contributed by atoms with Gasteiger partial charge in [-0.2, -0.15) is 5.26 Å². The summed E-state index contributed by atoms with van der Waals surface area (Å²) in [6, 6.07) is 7.98. The second-order valence-corrected chi connectivity index (χ2v) is 5.56. The van der Waals surface area contributed by atoms with Crippen LogP contribution in [0.5, 0.6) is 0 Å². The van der Waals surface area contributed by atoms with E-state index < -0.39 is 0 Å². The van der Waals surface area contributed by atoms with Crippen LogP contribution in [0.1, 0.15) is 30.9 Å². The van der Waals surface area contributed by atoms with Gasteiger partial charge in [-0.05, 0) is 59.6 Å². The highest BCUT2D eigenvalue weighted by Crippen LogP contribution is 2.29. The molecule has 1 atom stereocenters. The highest BCUT2D eigenvalue weighted by molar-refractivity contribution is 9.10. The predicted molar refractivity (Wildman–Crippen MR) is 72.9 cm³/mol. The van der Waals surface area contributed by atoms with E-state index in [-0.39, 0.29) is 6.04 Å². The molecule has 0 aliphatic carbocycles. The summed E-state index contributed by atoms with van der Waals surface area (Å²) in [5.41, 5.74) is 0.989. The van der Waals surface area contributed by atoms with Crippen molar-refractivity contribution >= 4 is 27.5 Å². The Hall–Kier alpha value is -0.560. The number of hydrogen-bond donors (Lipinski definition) is 0. The van der Waals surface area contributed by atoms with Crippen molar-refractivity contribution in [1.82, 2.24) is 4.90 Å². The topological polar surface area (TPSA) is 27.0 Å². The monoisotopic (exact) mass is 312 g/mol. The maximum Gasteiger partial charge on any atom is 0.123 e. The number of piperidine rings is 1. The fourth-order valence-corrected chi connectivity index (χ4v) is 2.66. The lowest BCUT2D eigenvalue weighted by Gasteiger charge is -2.30. The average molecular weight is 314 g/mol. The summed E-state index contributed by atoms with van der Waals surface area (Å²) in [5, 5.41) is 10.0. The predicted octanol–water partition coefficient (Wildman–Crippen LogP) is 4.15. The van der Waals surface area contributed by atoms with Gasteiger partial charge in [0.2, 0.25) is 0 Å². The van der Waals surface area contributed by atoms with Crippen LogP contribution in [0.2, 0.25) is 5.02 Å². The Kier molecular flexibility index (Phi) is 4.44. The Labute approximate surface area is 115 Å². The van der Waals surface area contributed by atoms with Crippen LogP contribution in [-0.2, 0) is 0 Å². The molecule has 2 nitrogen and oxygen atoms in total. The first-order valence-corrected chi connectivity index (χ1v) is 6.98. The number of hydrogen-bond acceptors (Lipinski definition) is 2. The van der Waals surface area contributed by atoms with Gasteiger partial charge in [-0.15, -0.1) is 0 Å². The molecule has 0 N–H and O–H groups in total. The zero-order valence-electron chi connectivity index (χ0n) is 9.50. The number of nitriles is 1. The Morgan fingerprint density at radius 2 is 2.00 bits per heavy atom. The smallest absolute Gasteiger partial charge is 0.123 e. The minimum atomic E-state index is -0.166. The minimum absolute atomic E-state index is 0.166. The van der Waals surface area contributed by atoms with E-state index in [2.05, 4.69) is 26.9 Å². The summed E-state index contributed by atoms with van der Waals surface area (Å²) in [6.07, 6.45) is 3.64. The quantitative estimate of drug-likeness (QED) is 0.820. The first-order chi connectivity index (χ1) is 8.22. The molecule has 0 spiro atoms. The zero-order valence-corrected chi connectivity index (χ0v) is 11.8. The maximum absolute atomic E-state index is 9.35. The number of nitrogens with zero attached hydrogens (tertiary/aromatic N) is 2. The number of likely N-dealkylation sites (tertiary alicyclic amines) is 1. The third-order valence-electron chi connectivity index (χ3n) is 3.14. The van der Waals surface area contributed by atoms with Gasteiger partial charge in [0.1, 0.15) is 6.04 Å². The lowest BCUT2D eigenvalue weighted by molar-refractivity contribution is 0.196. The summed E-state index contributed by atoms with van der Waals surface area (Å²) in [4.78, 5) is 2.24. The number of halogens is 2. The molecule has 1 aromatic carbocycles. The van der Waals surface area contributed by atoms with Crippen molar-refractivity contribution < 1.29 is 0 Å². The zero-order chi connectivity index (χ0) is 12.3. The summed E-state index contributed by atoms with van der Waals surface area (Å²) in [7, 11) is 0. The first kappa shape index (κ1) is 12.9. The molecule has 0 amide bonds. The number of benzene rings is 1. The lowest BCUT2D eigenvalue weighted by Crippen LogP contribution is -2.33. The van der Waals surface area contributed by atoms with Crippen LogP contribution in [0.4, 0.5) is 0 Å². The van der Waals surface area contributed by atoms with Crippen molar-refractivity contribution in [2.24, 2.45) is 0 Å². The van der Waals surface area contributed by atoms with Gasteiger partial charge in [0.25, 0.3) is 0 Å². The molecule has 1 heterocycles. The number of rotatable bonds is 2. The Morgan fingerprint density at radius 3 is 2.59 bits per heavy atom. The van der Waals surface area contributed by atoms with Crippen LogP contribution >= 0.6 is 27.5 Å². The molecule has 17 heavy (non-hydrogen) atoms. The van der Waals surface area contributed by atoms with Gasteiger partial charge in [0.15, 0.2) is 0 Å². The van der Waals surface area contributed by atoms with Crippen LogP contribution in [-0.4, -0.2) is 18.0 Å². The molecule has 4 heteroatoms. The molecule has 1 aliphatic heterocycles. The third kappa shape index (κ3) is 3.01. The average Bonchev–Trinajstić information content (AvgIpc) is 2.36. The van der Waals surface area contributed by atoms with E-state index in [9.17, 15) is 5.26 Å². The standard InChI is InChI=1S/C13H14BrClN2/c14-11-5-4-10(8-12(11)15)13(9-16)17-6-2-1-3-7-17/h4-5,8,13H,1-3,6-7H2. The van der Waals surface area contributed by atoms with Gasteiger partial charge in [0.05, 0.1) is 11.1 Å². The van der Waals surface area contributed by atoms with E-state index >= 15 is 0 Å². The molecule has 1 saturated heterocycles. The fourth-order valence-electron chi connectivity index (χ4n) is 2.23. The van der Waals surface area contributed by atoms with Crippen molar-refractivity contribution in [1.29, 1.82) is 5.26 Å². The molecular weight excluding hydrogens is 300 g/mol. The summed E-state index contributed by atoms with van der Waals surface area (Å²) >= 11 is 9.45. The lowest BCUT2D eigenvalue weighted by atomic mass is 10.0. The minimum Gasteiger partial charge on any atom is -0.284 e. The molecule has 1 aliphatic rings. The molecule has 2 rings (SSSR count). The summed E-state index contributed by atoms with van der Waals surface area (Å²) < 4.78 is 0.873. The fraction of sp³-hybridized carbons (Fsp3) is 0.462. The van der Waals surface area contributed by atoms with Gasteiger partial charge >= 0.3 is 0 Å². The molecule has 1 fully saturated rings. The first-order valence-electron chi connectivity index (χ1n) is 5.81. The van der Waals surface area contributed by atoms with Crippen molar-refractivity contribution in [2.75, 3.05) is 13.1 Å². The van der Waals surface area contributed by atoms with Gasteiger partial charge in [-0.3, -0.25) is 4.90 Å². The van der Waals surface area contributed by atoms with Crippen molar-refractivity contribution in [2.45, 2.75) is 25.3 Å². The maximum atomic E-state index is 9.35. The van der Waals surface area contributed by atoms with E-state index in [4.69, 9.17) is 11.6 Å². The van der Waals surface area contributed by atoms with E-state index in [0.717, 1.165) is 23.1 Å². The molecule has 0 radical (unpaired) electrons. The Bertz CT molecular complexity index is 436. The van der Waals surface area contributed by atoms with Crippen LogP contribution in [0.25, 0.3) is 0 Å². The second-order valence-electron chi connectivity index (χ2n) is 4.30. The normalized spacial score (nSPS) is 18.6. The Balaban J connectivity index is 2.22. The highest BCUT2D eigenvalue weighted by atomic mass is 79.9. The molecule has 1 unspecified atom stereocenters. The van der Waals surface area contributed by atoms with Crippen molar-refractivity contribution in [3.05, 3.63) is 33.3 Å². The van der Waals surface area contributed by atoms with E-state index in [1.165, 1.54) is 19.3 Å². The van der Waals surface area contributed by atoms with E-state index in [1.807, 2.05) is 18.2 Å². The van der Waals surface area contributed by atoms with Gasteiger partial charge in [0, 0.05) is 4.47 Å². The third-order valence-corrected chi connectivity index (χ3v) is 4.37. The van der Waals surface area contributed by atoms with Crippen molar-refractivity contribution in [3.63, 3.8) is 0 Å². The highest BCUT2D eigenvalue weighted by Gasteiger charge is 2.22.